The Kier molecular flexibility index (Phi) is 7.00. The third-order valence-electron chi connectivity index (χ3n) is 0.824. The zero-order chi connectivity index (χ0) is 7.28. The van der Waals surface area contributed by atoms with E-state index in [4.69, 9.17) is 15.5 Å². The van der Waals surface area contributed by atoms with Gasteiger partial charge in [-0.2, -0.15) is 5.26 Å². The minimum Gasteiger partial charge on any atom is -0.481 e. The van der Waals surface area contributed by atoms with Crippen molar-refractivity contribution in [3.05, 3.63) is 0 Å². The molecule has 5 nitrogen and oxygen atoms in total. The number of nitrogens with zero attached hydrogens (tertiary/aromatic N) is 1. The van der Waals surface area contributed by atoms with E-state index >= 15 is 0 Å². The number of carboxylic acid groups (broad SMARTS) is 1. The van der Waals surface area contributed by atoms with Crippen molar-refractivity contribution < 1.29 is 15.0 Å². The van der Waals surface area contributed by atoms with Crippen LogP contribution in [0, 0.1) is 17.2 Å². The van der Waals surface area contributed by atoms with Crippen LogP contribution >= 0.6 is 0 Å². The molecule has 5 heteroatoms. The largest absolute Gasteiger partial charge is 0.481 e. The Hall–Kier alpha value is -1.12. The minimum absolute atomic E-state index is 0. The summed E-state index contributed by atoms with van der Waals surface area (Å²) in [7, 11) is 0. The number of hydrogen-bond donors (Lipinski definition) is 3. The molecular weight excluding hydrogens is 136 g/mol. The number of rotatable bonds is 3. The Morgan fingerprint density at radius 1 is 1.70 bits per heavy atom. The summed E-state index contributed by atoms with van der Waals surface area (Å²) in [6.45, 7) is -0.386. The van der Waals surface area contributed by atoms with Crippen LogP contribution < -0.4 is 6.15 Å². The third kappa shape index (κ3) is 5.03. The molecule has 0 aliphatic carbocycles. The summed E-state index contributed by atoms with van der Waals surface area (Å²) in [4.78, 5) is 9.87. The van der Waals surface area contributed by atoms with Gasteiger partial charge in [-0.3, -0.25) is 4.79 Å². The summed E-state index contributed by atoms with van der Waals surface area (Å²) in [5.74, 6) is -1.82. The van der Waals surface area contributed by atoms with Gasteiger partial charge >= 0.3 is 5.97 Å². The Balaban J connectivity index is 0. The van der Waals surface area contributed by atoms with Gasteiger partial charge < -0.3 is 16.4 Å². The molecule has 0 rings (SSSR count). The van der Waals surface area contributed by atoms with E-state index in [1.54, 1.807) is 6.07 Å². The maximum absolute atomic E-state index is 9.87. The second-order valence-corrected chi connectivity index (χ2v) is 1.61. The van der Waals surface area contributed by atoms with Crippen LogP contribution in [0.25, 0.3) is 0 Å². The molecule has 10 heavy (non-hydrogen) atoms. The first-order valence-electron chi connectivity index (χ1n) is 2.43. The lowest BCUT2D eigenvalue weighted by atomic mass is 10.1. The Morgan fingerprint density at radius 2 is 2.20 bits per heavy atom. The Morgan fingerprint density at radius 3 is 2.30 bits per heavy atom. The average molecular weight is 146 g/mol. The number of aliphatic hydroxyl groups is 1. The van der Waals surface area contributed by atoms with Gasteiger partial charge in [0.1, 0.15) is 0 Å². The molecule has 0 fully saturated rings. The first-order chi connectivity index (χ1) is 4.20. The highest BCUT2D eigenvalue weighted by Gasteiger charge is 2.09. The van der Waals surface area contributed by atoms with E-state index in [1.165, 1.54) is 0 Å². The molecule has 0 radical (unpaired) electrons. The molecule has 5 N–H and O–H groups in total. The van der Waals surface area contributed by atoms with E-state index in [1.807, 2.05) is 0 Å². The normalized spacial score (nSPS) is 10.8. The molecule has 0 aromatic heterocycles. The van der Waals surface area contributed by atoms with E-state index in [0.29, 0.717) is 0 Å². The zero-order valence-corrected chi connectivity index (χ0v) is 5.45. The molecule has 0 aliphatic heterocycles. The highest BCUT2D eigenvalue weighted by Crippen LogP contribution is 1.98. The topological polar surface area (TPSA) is 116 Å². The van der Waals surface area contributed by atoms with E-state index in [-0.39, 0.29) is 19.2 Å². The van der Waals surface area contributed by atoms with Crippen molar-refractivity contribution in [2.24, 2.45) is 5.92 Å². The van der Waals surface area contributed by atoms with Gasteiger partial charge in [-0.1, -0.05) is 0 Å². The first kappa shape index (κ1) is 11.6. The van der Waals surface area contributed by atoms with Crippen molar-refractivity contribution in [2.45, 2.75) is 6.42 Å². The second kappa shape index (κ2) is 6.01. The molecule has 1 atom stereocenters. The lowest BCUT2D eigenvalue weighted by molar-refractivity contribution is -0.137. The summed E-state index contributed by atoms with van der Waals surface area (Å²) in [5.41, 5.74) is 0. The lowest BCUT2D eigenvalue weighted by Crippen LogP contribution is -2.09. The van der Waals surface area contributed by atoms with Crippen LogP contribution in [0.15, 0.2) is 0 Å². The quantitative estimate of drug-likeness (QED) is 0.507. The fourth-order valence-corrected chi connectivity index (χ4v) is 0.362. The number of carboxylic acids is 1. The monoisotopic (exact) mass is 146 g/mol. The maximum atomic E-state index is 9.87. The summed E-state index contributed by atoms with van der Waals surface area (Å²) >= 11 is 0. The van der Waals surface area contributed by atoms with E-state index in [2.05, 4.69) is 0 Å². The molecule has 0 saturated heterocycles. The minimum atomic E-state index is -1.06. The fourth-order valence-electron chi connectivity index (χ4n) is 0.362. The van der Waals surface area contributed by atoms with Crippen LogP contribution in [0.4, 0.5) is 0 Å². The van der Waals surface area contributed by atoms with Crippen molar-refractivity contribution in [3.8, 4) is 6.07 Å². The number of aliphatic carboxylic acids is 1. The predicted octanol–water partition coefficient (Wildman–Crippen LogP) is -0.245. The maximum Gasteiger partial charge on any atom is 0.304 e. The van der Waals surface area contributed by atoms with E-state index in [0.717, 1.165) is 0 Å². The number of hydrogen-bond acceptors (Lipinski definition) is 4. The van der Waals surface area contributed by atoms with Crippen molar-refractivity contribution in [2.75, 3.05) is 6.61 Å². The van der Waals surface area contributed by atoms with Gasteiger partial charge in [0.05, 0.1) is 25.0 Å². The highest BCUT2D eigenvalue weighted by atomic mass is 16.4. The van der Waals surface area contributed by atoms with Crippen LogP contribution in [0.2, 0.25) is 0 Å². The van der Waals surface area contributed by atoms with Crippen LogP contribution in [-0.2, 0) is 4.79 Å². The summed E-state index contributed by atoms with van der Waals surface area (Å²) in [5, 5.41) is 24.5. The predicted molar refractivity (Wildman–Crippen MR) is 33.5 cm³/mol. The molecule has 0 bridgehead atoms. The van der Waals surface area contributed by atoms with Gasteiger partial charge in [0.2, 0.25) is 0 Å². The number of nitriles is 1. The molecule has 0 aromatic rings. The molecular formula is C5H10N2O3. The summed E-state index contributed by atoms with van der Waals surface area (Å²) in [6, 6.07) is 1.65. The second-order valence-electron chi connectivity index (χ2n) is 1.61. The van der Waals surface area contributed by atoms with Crippen LogP contribution in [-0.4, -0.2) is 22.8 Å². The van der Waals surface area contributed by atoms with Crippen LogP contribution in [0.1, 0.15) is 6.42 Å². The smallest absolute Gasteiger partial charge is 0.304 e. The molecule has 0 aromatic carbocycles. The van der Waals surface area contributed by atoms with E-state index < -0.39 is 11.9 Å². The van der Waals surface area contributed by atoms with Gasteiger partial charge in [0.15, 0.2) is 0 Å². The van der Waals surface area contributed by atoms with Crippen molar-refractivity contribution >= 4 is 5.97 Å². The number of carbonyl (C=O) groups is 1. The van der Waals surface area contributed by atoms with Crippen molar-refractivity contribution in [3.63, 3.8) is 0 Å². The van der Waals surface area contributed by atoms with Crippen LogP contribution in [0.3, 0.4) is 0 Å². The van der Waals surface area contributed by atoms with Crippen molar-refractivity contribution in [1.29, 1.82) is 5.26 Å². The first-order valence-corrected chi connectivity index (χ1v) is 2.43. The summed E-state index contributed by atoms with van der Waals surface area (Å²) < 4.78 is 0. The Bertz CT molecular complexity index is 140. The molecule has 58 valence electrons. The lowest BCUT2D eigenvalue weighted by Gasteiger charge is -1.97. The molecule has 0 aliphatic rings. The van der Waals surface area contributed by atoms with Gasteiger partial charge in [-0.25, -0.2) is 0 Å². The van der Waals surface area contributed by atoms with Gasteiger partial charge in [0.25, 0.3) is 0 Å². The van der Waals surface area contributed by atoms with Gasteiger partial charge in [0, 0.05) is 0 Å². The standard InChI is InChI=1S/C5H7NO3.H3N/c6-2-4(3-7)1-5(8)9;/h4,7H,1,3H2,(H,8,9);1H3. The van der Waals surface area contributed by atoms with Crippen molar-refractivity contribution in [1.82, 2.24) is 6.15 Å². The molecule has 0 heterocycles. The molecule has 0 spiro atoms. The average Bonchev–Trinajstić information content (AvgIpc) is 1.82. The molecule has 0 amide bonds. The Labute approximate surface area is 58.5 Å². The van der Waals surface area contributed by atoms with E-state index in [9.17, 15) is 4.79 Å². The SMILES string of the molecule is N.N#CC(CO)CC(=O)O. The third-order valence-corrected chi connectivity index (χ3v) is 0.824. The van der Waals surface area contributed by atoms with Crippen LogP contribution in [0.5, 0.6) is 0 Å². The fraction of sp³-hybridized carbons (Fsp3) is 0.600. The zero-order valence-electron chi connectivity index (χ0n) is 5.45. The van der Waals surface area contributed by atoms with Gasteiger partial charge in [-0.05, 0) is 0 Å². The molecule has 1 unspecified atom stereocenters. The number of aliphatic hydroxyl groups excluding tert-OH is 1. The molecule has 0 saturated carbocycles. The van der Waals surface area contributed by atoms with Gasteiger partial charge in [-0.15, -0.1) is 0 Å². The summed E-state index contributed by atoms with van der Waals surface area (Å²) in [6.07, 6.45) is -0.285. The highest BCUT2D eigenvalue weighted by molar-refractivity contribution is 5.67.